The molecule has 1 aromatic carbocycles. The van der Waals surface area contributed by atoms with Crippen LogP contribution in [-0.2, 0) is 12.8 Å². The maximum absolute atomic E-state index is 4.44. The number of aryl methyl sites for hydroxylation is 2. The molecule has 0 radical (unpaired) electrons. The molecule has 0 unspecified atom stereocenters. The van der Waals surface area contributed by atoms with E-state index in [1.54, 1.807) is 16.3 Å². The predicted octanol–water partition coefficient (Wildman–Crippen LogP) is 6.60. The Morgan fingerprint density at radius 1 is 1.11 bits per heavy atom. The molecule has 3 rings (SSSR count). The second-order valence-corrected chi connectivity index (χ2v) is 15.7. The fraction of sp³-hybridized carbons (Fsp3) is 0.520. The summed E-state index contributed by atoms with van der Waals surface area (Å²) in [5.41, 5.74) is 7.76. The van der Waals surface area contributed by atoms with E-state index in [1.165, 1.54) is 48.4 Å². The second-order valence-electron chi connectivity index (χ2n) is 10.7. The van der Waals surface area contributed by atoms with E-state index in [0.29, 0.717) is 0 Å². The van der Waals surface area contributed by atoms with Gasteiger partial charge in [0.2, 0.25) is 0 Å². The van der Waals surface area contributed by atoms with Crippen molar-refractivity contribution in [3.05, 3.63) is 63.5 Å². The molecule has 1 aliphatic carbocycles. The van der Waals surface area contributed by atoms with Gasteiger partial charge in [-0.15, -0.1) is 0 Å². The highest BCUT2D eigenvalue weighted by atomic mass is 28.3. The average molecular weight is 380 g/mol. The SMILES string of the molecule is C=[N+]1C=C([Si](C)(C)C)C(CC(C)(C)C)=C[C-]1c1c(C)ccc2c1CCCC2. The Labute approximate surface area is 167 Å². The molecule has 0 N–H and O–H groups in total. The van der Waals surface area contributed by atoms with Crippen LogP contribution in [0.2, 0.25) is 19.6 Å². The molecule has 1 nitrogen and oxygen atoms in total. The van der Waals surface area contributed by atoms with Gasteiger partial charge in [-0.2, -0.15) is 0 Å². The molecule has 0 saturated heterocycles. The van der Waals surface area contributed by atoms with Gasteiger partial charge in [-0.25, -0.2) is 0 Å². The van der Waals surface area contributed by atoms with Crippen LogP contribution in [0.5, 0.6) is 0 Å². The van der Waals surface area contributed by atoms with Gasteiger partial charge in [0.15, 0.2) is 0 Å². The second kappa shape index (κ2) is 7.13. The van der Waals surface area contributed by atoms with E-state index >= 15 is 0 Å². The van der Waals surface area contributed by atoms with Crippen LogP contribution in [0.4, 0.5) is 0 Å². The molecule has 2 heteroatoms. The van der Waals surface area contributed by atoms with Crippen LogP contribution in [0.3, 0.4) is 0 Å². The number of fused-ring (bicyclic) bond motifs is 1. The number of allylic oxidation sites excluding steroid dienone is 2. The maximum atomic E-state index is 4.44. The van der Waals surface area contributed by atoms with E-state index in [9.17, 15) is 0 Å². The zero-order chi connectivity index (χ0) is 20.0. The Morgan fingerprint density at radius 3 is 2.41 bits per heavy atom. The Bertz CT molecular complexity index is 812. The van der Waals surface area contributed by atoms with Crippen molar-refractivity contribution < 1.29 is 4.58 Å². The third-order valence-corrected chi connectivity index (χ3v) is 7.84. The highest BCUT2D eigenvalue weighted by Gasteiger charge is 2.32. The zero-order valence-electron chi connectivity index (χ0n) is 18.5. The van der Waals surface area contributed by atoms with Crippen molar-refractivity contribution >= 4 is 14.8 Å². The van der Waals surface area contributed by atoms with Gasteiger partial charge in [-0.05, 0) is 47.9 Å². The molecular weight excluding hydrogens is 342 g/mol. The molecule has 2 aliphatic rings. The molecule has 0 amide bonds. The molecule has 0 aromatic heterocycles. The summed E-state index contributed by atoms with van der Waals surface area (Å²) < 4.78 is 2.16. The molecule has 1 heterocycles. The van der Waals surface area contributed by atoms with Gasteiger partial charge in [0.05, 0.1) is 14.8 Å². The summed E-state index contributed by atoms with van der Waals surface area (Å²) in [6.07, 6.45) is 11.0. The Kier molecular flexibility index (Phi) is 5.33. The lowest BCUT2D eigenvalue weighted by Gasteiger charge is -2.35. The van der Waals surface area contributed by atoms with Gasteiger partial charge >= 0.3 is 0 Å². The summed E-state index contributed by atoms with van der Waals surface area (Å²) >= 11 is 0. The van der Waals surface area contributed by atoms with Crippen molar-refractivity contribution in [3.8, 4) is 0 Å². The lowest BCUT2D eigenvalue weighted by molar-refractivity contribution is -0.418. The van der Waals surface area contributed by atoms with Gasteiger partial charge in [-0.1, -0.05) is 88.2 Å². The number of hydrogen-bond donors (Lipinski definition) is 0. The summed E-state index contributed by atoms with van der Waals surface area (Å²) in [6, 6.07) is 5.97. The topological polar surface area (TPSA) is 3.01 Å². The van der Waals surface area contributed by atoms with Gasteiger partial charge < -0.3 is 0 Å². The first kappa shape index (κ1) is 20.2. The Balaban J connectivity index is 2.12. The van der Waals surface area contributed by atoms with Crippen molar-refractivity contribution in [2.45, 2.75) is 79.4 Å². The van der Waals surface area contributed by atoms with Crippen LogP contribution in [0.15, 0.2) is 35.2 Å². The highest BCUT2D eigenvalue weighted by molar-refractivity contribution is 6.84. The van der Waals surface area contributed by atoms with Gasteiger partial charge in [0.25, 0.3) is 0 Å². The van der Waals surface area contributed by atoms with Crippen molar-refractivity contribution in [2.75, 3.05) is 0 Å². The predicted molar refractivity (Wildman–Crippen MR) is 121 cm³/mol. The normalized spacial score (nSPS) is 18.2. The first-order valence-electron chi connectivity index (χ1n) is 10.5. The van der Waals surface area contributed by atoms with E-state index in [1.807, 2.05) is 0 Å². The molecular formula is C25H37NSi. The Morgan fingerprint density at radius 2 is 1.78 bits per heavy atom. The molecule has 27 heavy (non-hydrogen) atoms. The van der Waals surface area contributed by atoms with Crippen molar-refractivity contribution in [2.24, 2.45) is 5.41 Å². The minimum absolute atomic E-state index is 0.282. The van der Waals surface area contributed by atoms with E-state index in [-0.39, 0.29) is 5.41 Å². The fourth-order valence-electron chi connectivity index (χ4n) is 4.54. The number of benzene rings is 1. The van der Waals surface area contributed by atoms with Crippen LogP contribution < -0.4 is 0 Å². The first-order valence-corrected chi connectivity index (χ1v) is 14.0. The molecule has 0 saturated carbocycles. The van der Waals surface area contributed by atoms with Crippen molar-refractivity contribution in [3.63, 3.8) is 0 Å². The highest BCUT2D eigenvalue weighted by Crippen LogP contribution is 2.40. The van der Waals surface area contributed by atoms with Crippen molar-refractivity contribution in [1.29, 1.82) is 0 Å². The maximum Gasteiger partial charge on any atom is 0.147 e. The number of nitrogens with zero attached hydrogens (tertiary/aromatic N) is 1. The van der Waals surface area contributed by atoms with Crippen LogP contribution in [0, 0.1) is 18.4 Å². The Hall–Kier alpha value is -1.54. The smallest absolute Gasteiger partial charge is 0.147 e. The monoisotopic (exact) mass is 379 g/mol. The summed E-state index contributed by atoms with van der Waals surface area (Å²) in [4.78, 5) is 0. The van der Waals surface area contributed by atoms with E-state index in [4.69, 9.17) is 0 Å². The van der Waals surface area contributed by atoms with Gasteiger partial charge in [0.1, 0.15) is 12.2 Å². The molecule has 0 fully saturated rings. The summed E-state index contributed by atoms with van der Waals surface area (Å²) in [5, 5.41) is 1.55. The van der Waals surface area contributed by atoms with Crippen LogP contribution in [0.1, 0.15) is 62.3 Å². The minimum atomic E-state index is -1.44. The van der Waals surface area contributed by atoms with E-state index in [2.05, 4.69) is 83.0 Å². The summed E-state index contributed by atoms with van der Waals surface area (Å²) in [6.45, 7) is 21.1. The van der Waals surface area contributed by atoms with E-state index in [0.717, 1.165) is 6.42 Å². The van der Waals surface area contributed by atoms with Crippen LogP contribution in [-0.4, -0.2) is 19.4 Å². The lowest BCUT2D eigenvalue weighted by atomic mass is 9.81. The van der Waals surface area contributed by atoms with Gasteiger partial charge in [0, 0.05) is 0 Å². The molecule has 1 aromatic rings. The third-order valence-electron chi connectivity index (χ3n) is 5.78. The quantitative estimate of drug-likeness (QED) is 0.316. The standard InChI is InChI=1S/C25H37NSi/c1-18-13-14-19-11-9-10-12-21(19)24(18)22-15-20(16-25(2,3)4)23(17-26(22)5)27(6,7)8/h13-15,17H,5,9-12,16H2,1-4,6-8H3. The molecule has 0 spiro atoms. The van der Waals surface area contributed by atoms with Crippen LogP contribution >= 0.6 is 0 Å². The molecule has 0 bridgehead atoms. The molecule has 1 aliphatic heterocycles. The van der Waals surface area contributed by atoms with E-state index < -0.39 is 8.07 Å². The average Bonchev–Trinajstić information content (AvgIpc) is 2.54. The van der Waals surface area contributed by atoms with Crippen molar-refractivity contribution in [1.82, 2.24) is 0 Å². The minimum Gasteiger partial charge on any atom is -0.255 e. The summed E-state index contributed by atoms with van der Waals surface area (Å²) in [7, 11) is -1.44. The lowest BCUT2D eigenvalue weighted by Crippen LogP contribution is -2.32. The summed E-state index contributed by atoms with van der Waals surface area (Å²) in [5.74, 6) is 0. The van der Waals surface area contributed by atoms with Gasteiger partial charge in [-0.3, -0.25) is 4.58 Å². The largest absolute Gasteiger partial charge is 0.255 e. The number of hydrogen-bond acceptors (Lipinski definition) is 0. The molecule has 0 atom stereocenters. The molecule has 146 valence electrons. The first-order chi connectivity index (χ1) is 12.5. The number of rotatable bonds is 3. The third kappa shape index (κ3) is 4.32. The zero-order valence-corrected chi connectivity index (χ0v) is 19.5. The fourth-order valence-corrected chi connectivity index (χ4v) is 6.21. The van der Waals surface area contributed by atoms with Crippen LogP contribution in [0.25, 0.3) is 0 Å².